The van der Waals surface area contributed by atoms with Gasteiger partial charge in [-0.05, 0) is 45.7 Å². The summed E-state index contributed by atoms with van der Waals surface area (Å²) in [7, 11) is -1.44. The molecule has 0 bridgehead atoms. The van der Waals surface area contributed by atoms with E-state index in [2.05, 4.69) is 20.1 Å². The van der Waals surface area contributed by atoms with Crippen LogP contribution in [0.4, 0.5) is 5.69 Å². The second kappa shape index (κ2) is 6.40. The maximum absolute atomic E-state index is 12.5. The van der Waals surface area contributed by atoms with Gasteiger partial charge in [0.05, 0.1) is 16.6 Å². The number of rotatable bonds is 3. The molecule has 136 valence electrons. The smallest absolute Gasteiger partial charge is 0.200 e. The minimum Gasteiger partial charge on any atom is -0.370 e. The van der Waals surface area contributed by atoms with Crippen LogP contribution in [0.3, 0.4) is 0 Å². The summed E-state index contributed by atoms with van der Waals surface area (Å²) in [5.41, 5.74) is 0.962. The fourth-order valence-corrected chi connectivity index (χ4v) is 4.16. The summed E-state index contributed by atoms with van der Waals surface area (Å²) < 4.78 is 26.0. The van der Waals surface area contributed by atoms with E-state index in [1.54, 1.807) is 39.4 Å². The molecule has 0 unspecified atom stereocenters. The van der Waals surface area contributed by atoms with Crippen LogP contribution in [0, 0.1) is 0 Å². The largest absolute Gasteiger partial charge is 0.370 e. The number of hydrogen-bond donors (Lipinski definition) is 0. The van der Waals surface area contributed by atoms with E-state index in [4.69, 9.17) is 0 Å². The van der Waals surface area contributed by atoms with Crippen molar-refractivity contribution >= 4 is 15.5 Å². The van der Waals surface area contributed by atoms with Gasteiger partial charge < -0.3 is 9.47 Å². The Morgan fingerprint density at radius 3 is 2.32 bits per heavy atom. The maximum atomic E-state index is 12.5. The number of nitrogens with zero attached hydrogens (tertiary/aromatic N) is 5. The lowest BCUT2D eigenvalue weighted by Crippen LogP contribution is -2.34. The average Bonchev–Trinajstić information content (AvgIpc) is 3.00. The zero-order valence-corrected chi connectivity index (χ0v) is 16.0. The standard InChI is InChI=1S/C17H25N5O2S/c1-17(2,3)25(23,24)15-6-5-14(11-18-15)22-9-7-13(8-10-22)16-20-19-12-21(16)4/h5-6,11-13H,7-10H2,1-4H3. The molecule has 1 fully saturated rings. The maximum Gasteiger partial charge on any atom is 0.200 e. The monoisotopic (exact) mass is 363 g/mol. The average molecular weight is 363 g/mol. The van der Waals surface area contributed by atoms with E-state index in [0.29, 0.717) is 5.92 Å². The molecule has 8 heteroatoms. The van der Waals surface area contributed by atoms with Crippen LogP contribution in [0.15, 0.2) is 29.7 Å². The summed E-state index contributed by atoms with van der Waals surface area (Å²) in [5.74, 6) is 1.45. The zero-order valence-electron chi connectivity index (χ0n) is 15.2. The number of sulfone groups is 1. The summed E-state index contributed by atoms with van der Waals surface area (Å²) in [6.45, 7) is 6.86. The third-order valence-electron chi connectivity index (χ3n) is 4.77. The first-order chi connectivity index (χ1) is 11.7. The van der Waals surface area contributed by atoms with E-state index in [1.165, 1.54) is 0 Å². The first-order valence-corrected chi connectivity index (χ1v) is 9.98. The molecule has 0 atom stereocenters. The first kappa shape index (κ1) is 17.8. The molecule has 2 aromatic heterocycles. The molecule has 3 rings (SSSR count). The number of aromatic nitrogens is 4. The highest BCUT2D eigenvalue weighted by molar-refractivity contribution is 7.92. The SMILES string of the molecule is Cn1cnnc1C1CCN(c2ccc(S(=O)(=O)C(C)(C)C)nc2)CC1. The van der Waals surface area contributed by atoms with Crippen LogP contribution in [0.2, 0.25) is 0 Å². The van der Waals surface area contributed by atoms with Gasteiger partial charge in [-0.3, -0.25) is 0 Å². The van der Waals surface area contributed by atoms with Crippen molar-refractivity contribution in [1.29, 1.82) is 0 Å². The van der Waals surface area contributed by atoms with Crippen molar-refractivity contribution in [1.82, 2.24) is 19.7 Å². The summed E-state index contributed by atoms with van der Waals surface area (Å²) in [4.78, 5) is 6.46. The van der Waals surface area contributed by atoms with Crippen LogP contribution in [0.1, 0.15) is 45.4 Å². The van der Waals surface area contributed by atoms with Crippen LogP contribution < -0.4 is 4.90 Å². The van der Waals surface area contributed by atoms with E-state index in [-0.39, 0.29) is 5.03 Å². The molecule has 25 heavy (non-hydrogen) atoms. The summed E-state index contributed by atoms with van der Waals surface area (Å²) in [6.07, 6.45) is 5.39. The molecule has 3 heterocycles. The Morgan fingerprint density at radius 1 is 1.16 bits per heavy atom. The quantitative estimate of drug-likeness (QED) is 0.831. The Balaban J connectivity index is 1.70. The highest BCUT2D eigenvalue weighted by Crippen LogP contribution is 2.30. The van der Waals surface area contributed by atoms with Gasteiger partial charge in [0.2, 0.25) is 0 Å². The zero-order chi connectivity index (χ0) is 18.2. The predicted molar refractivity (Wildman–Crippen MR) is 96.4 cm³/mol. The van der Waals surface area contributed by atoms with Crippen LogP contribution in [0.25, 0.3) is 0 Å². The highest BCUT2D eigenvalue weighted by atomic mass is 32.2. The topological polar surface area (TPSA) is 81.0 Å². The third-order valence-corrected chi connectivity index (χ3v) is 7.18. The van der Waals surface area contributed by atoms with Gasteiger partial charge in [-0.2, -0.15) is 0 Å². The fraction of sp³-hybridized carbons (Fsp3) is 0.588. The molecule has 1 aliphatic rings. The molecule has 0 saturated carbocycles. The van der Waals surface area contributed by atoms with E-state index in [0.717, 1.165) is 37.4 Å². The van der Waals surface area contributed by atoms with E-state index >= 15 is 0 Å². The fourth-order valence-electron chi connectivity index (χ4n) is 3.09. The van der Waals surface area contributed by atoms with Crippen molar-refractivity contribution in [3.63, 3.8) is 0 Å². The van der Waals surface area contributed by atoms with Gasteiger partial charge in [0, 0.05) is 26.1 Å². The van der Waals surface area contributed by atoms with Crippen LogP contribution in [-0.2, 0) is 16.9 Å². The summed E-state index contributed by atoms with van der Waals surface area (Å²) >= 11 is 0. The minimum absolute atomic E-state index is 0.137. The van der Waals surface area contributed by atoms with E-state index in [9.17, 15) is 8.42 Å². The number of aryl methyl sites for hydroxylation is 1. The van der Waals surface area contributed by atoms with Crippen molar-refractivity contribution in [3.05, 3.63) is 30.5 Å². The molecule has 0 aromatic carbocycles. The normalized spacial score (nSPS) is 17.0. The first-order valence-electron chi connectivity index (χ1n) is 8.49. The molecule has 0 radical (unpaired) electrons. The van der Waals surface area contributed by atoms with E-state index < -0.39 is 14.6 Å². The van der Waals surface area contributed by atoms with Gasteiger partial charge in [0.15, 0.2) is 14.9 Å². The number of hydrogen-bond acceptors (Lipinski definition) is 6. The Labute approximate surface area is 149 Å². The second-order valence-electron chi connectivity index (χ2n) is 7.53. The van der Waals surface area contributed by atoms with Gasteiger partial charge in [-0.1, -0.05) is 0 Å². The Hall–Kier alpha value is -1.96. The van der Waals surface area contributed by atoms with Crippen LogP contribution in [0.5, 0.6) is 0 Å². The molecule has 0 spiro atoms. The lowest BCUT2D eigenvalue weighted by Gasteiger charge is -2.33. The summed E-state index contributed by atoms with van der Waals surface area (Å²) in [6, 6.07) is 3.47. The van der Waals surface area contributed by atoms with Crippen molar-refractivity contribution in [2.75, 3.05) is 18.0 Å². The van der Waals surface area contributed by atoms with Gasteiger partial charge >= 0.3 is 0 Å². The van der Waals surface area contributed by atoms with Gasteiger partial charge in [-0.15, -0.1) is 10.2 Å². The number of anilines is 1. The minimum atomic E-state index is -3.41. The molecular formula is C17H25N5O2S. The highest BCUT2D eigenvalue weighted by Gasteiger charge is 2.32. The molecule has 7 nitrogen and oxygen atoms in total. The molecule has 0 amide bonds. The molecule has 1 saturated heterocycles. The van der Waals surface area contributed by atoms with E-state index in [1.807, 2.05) is 17.7 Å². The van der Waals surface area contributed by atoms with Crippen molar-refractivity contribution in [2.45, 2.75) is 49.3 Å². The molecule has 1 aliphatic heterocycles. The van der Waals surface area contributed by atoms with Gasteiger partial charge in [0.1, 0.15) is 12.2 Å². The van der Waals surface area contributed by atoms with Crippen LogP contribution >= 0.6 is 0 Å². The third kappa shape index (κ3) is 3.40. The Morgan fingerprint density at radius 2 is 1.84 bits per heavy atom. The molecule has 0 N–H and O–H groups in total. The number of piperidine rings is 1. The van der Waals surface area contributed by atoms with Crippen molar-refractivity contribution in [3.8, 4) is 0 Å². The van der Waals surface area contributed by atoms with Crippen LogP contribution in [-0.4, -0.2) is 46.0 Å². The second-order valence-corrected chi connectivity index (χ2v) is 10.2. The Bertz CT molecular complexity index is 829. The molecule has 0 aliphatic carbocycles. The lowest BCUT2D eigenvalue weighted by atomic mass is 9.95. The lowest BCUT2D eigenvalue weighted by molar-refractivity contribution is 0.474. The summed E-state index contributed by atoms with van der Waals surface area (Å²) in [5, 5.41) is 8.31. The van der Waals surface area contributed by atoms with Crippen molar-refractivity contribution in [2.24, 2.45) is 7.05 Å². The van der Waals surface area contributed by atoms with Gasteiger partial charge in [0.25, 0.3) is 0 Å². The molecule has 2 aromatic rings. The Kier molecular flexibility index (Phi) is 4.57. The van der Waals surface area contributed by atoms with Gasteiger partial charge in [-0.25, -0.2) is 13.4 Å². The predicted octanol–water partition coefficient (Wildman–Crippen LogP) is 2.17. The molecular weight excluding hydrogens is 338 g/mol. The number of pyridine rings is 1. The van der Waals surface area contributed by atoms with Crippen molar-refractivity contribution < 1.29 is 8.42 Å².